The normalized spacial score (nSPS) is 15.1. The van der Waals surface area contributed by atoms with E-state index in [1.165, 1.54) is 0 Å². The largest absolute Gasteiger partial charge is 0.497 e. The minimum Gasteiger partial charge on any atom is -0.497 e. The lowest BCUT2D eigenvalue weighted by Gasteiger charge is -2.20. The van der Waals surface area contributed by atoms with Crippen molar-refractivity contribution in [2.45, 2.75) is 36.6 Å². The van der Waals surface area contributed by atoms with Crippen LogP contribution >= 0.6 is 0 Å². The number of hydrogen-bond acceptors (Lipinski definition) is 4. The second-order valence-corrected chi connectivity index (χ2v) is 10.4. The van der Waals surface area contributed by atoms with Crippen LogP contribution in [0.15, 0.2) is 83.8 Å². The van der Waals surface area contributed by atoms with Crippen LogP contribution in [0.2, 0.25) is 0 Å². The number of carbonyl (C=O) groups is 1. The third-order valence-corrected chi connectivity index (χ3v) is 8.07. The van der Waals surface area contributed by atoms with Gasteiger partial charge in [-0.05, 0) is 60.2 Å². The second kappa shape index (κ2) is 10.8. The zero-order valence-electron chi connectivity index (χ0n) is 19.3. The predicted molar refractivity (Wildman–Crippen MR) is 132 cm³/mol. The van der Waals surface area contributed by atoms with Gasteiger partial charge in [0, 0.05) is 19.5 Å². The lowest BCUT2D eigenvalue weighted by molar-refractivity contribution is -0.121. The third-order valence-electron chi connectivity index (χ3n) is 6.15. The molecule has 0 saturated carbocycles. The molecule has 1 atom stereocenters. The van der Waals surface area contributed by atoms with Crippen LogP contribution in [0.1, 0.15) is 42.0 Å². The van der Waals surface area contributed by atoms with Crippen LogP contribution in [-0.2, 0) is 21.2 Å². The molecule has 1 aliphatic rings. The average Bonchev–Trinajstić information content (AvgIpc) is 3.43. The van der Waals surface area contributed by atoms with E-state index in [1.807, 2.05) is 54.6 Å². The molecule has 0 bridgehead atoms. The molecule has 1 saturated heterocycles. The van der Waals surface area contributed by atoms with Crippen molar-refractivity contribution in [2.24, 2.45) is 0 Å². The Morgan fingerprint density at radius 2 is 1.53 bits per heavy atom. The summed E-state index contributed by atoms with van der Waals surface area (Å²) in [6.07, 6.45) is 2.65. The van der Waals surface area contributed by atoms with Crippen molar-refractivity contribution >= 4 is 15.9 Å². The summed E-state index contributed by atoms with van der Waals surface area (Å²) in [5.74, 6) is 0.690. The Morgan fingerprint density at radius 1 is 0.912 bits per heavy atom. The van der Waals surface area contributed by atoms with E-state index in [4.69, 9.17) is 4.74 Å². The molecule has 178 valence electrons. The number of aryl methyl sites for hydroxylation is 1. The van der Waals surface area contributed by atoms with Crippen molar-refractivity contribution in [1.29, 1.82) is 0 Å². The summed E-state index contributed by atoms with van der Waals surface area (Å²) in [4.78, 5) is 13.2. The summed E-state index contributed by atoms with van der Waals surface area (Å²) < 4.78 is 32.2. The number of rotatable bonds is 9. The molecular formula is C27H30N2O4S. The van der Waals surface area contributed by atoms with E-state index in [0.717, 1.165) is 35.3 Å². The van der Waals surface area contributed by atoms with Gasteiger partial charge in [0.05, 0.1) is 18.0 Å². The monoisotopic (exact) mass is 478 g/mol. The fourth-order valence-electron chi connectivity index (χ4n) is 4.20. The maximum absolute atomic E-state index is 12.9. The molecule has 1 aliphatic heterocycles. The van der Waals surface area contributed by atoms with Crippen molar-refractivity contribution in [3.63, 3.8) is 0 Å². The number of carbonyl (C=O) groups excluding carboxylic acids is 1. The van der Waals surface area contributed by atoms with Crippen LogP contribution in [0.25, 0.3) is 0 Å². The molecule has 0 aliphatic carbocycles. The predicted octanol–water partition coefficient (Wildman–Crippen LogP) is 4.32. The van der Waals surface area contributed by atoms with Gasteiger partial charge in [-0.25, -0.2) is 8.42 Å². The second-order valence-electron chi connectivity index (χ2n) is 8.44. The van der Waals surface area contributed by atoms with Gasteiger partial charge >= 0.3 is 0 Å². The fraction of sp³-hybridized carbons (Fsp3) is 0.296. The zero-order valence-corrected chi connectivity index (χ0v) is 20.1. The molecule has 1 amide bonds. The lowest BCUT2D eigenvalue weighted by atomic mass is 9.98. The summed E-state index contributed by atoms with van der Waals surface area (Å²) in [7, 11) is -1.80. The van der Waals surface area contributed by atoms with E-state index < -0.39 is 10.0 Å². The Hall–Kier alpha value is -3.16. The number of methoxy groups -OCH3 is 1. The van der Waals surface area contributed by atoms with Gasteiger partial charge in [0.25, 0.3) is 0 Å². The number of hydrogen-bond donors (Lipinski definition) is 1. The molecule has 3 aromatic rings. The van der Waals surface area contributed by atoms with Crippen molar-refractivity contribution in [1.82, 2.24) is 9.62 Å². The first-order chi connectivity index (χ1) is 16.5. The molecular weight excluding hydrogens is 448 g/mol. The molecule has 0 aromatic heterocycles. The molecule has 7 heteroatoms. The maximum Gasteiger partial charge on any atom is 0.243 e. The maximum atomic E-state index is 12.9. The highest BCUT2D eigenvalue weighted by molar-refractivity contribution is 7.89. The Balaban J connectivity index is 1.41. The number of nitrogens with zero attached hydrogens (tertiary/aromatic N) is 1. The van der Waals surface area contributed by atoms with Crippen LogP contribution in [0, 0.1) is 0 Å². The number of benzene rings is 3. The van der Waals surface area contributed by atoms with Crippen LogP contribution in [0.5, 0.6) is 5.75 Å². The van der Waals surface area contributed by atoms with Gasteiger partial charge in [-0.15, -0.1) is 0 Å². The van der Waals surface area contributed by atoms with E-state index in [1.54, 1.807) is 35.7 Å². The highest BCUT2D eigenvalue weighted by Gasteiger charge is 2.27. The topological polar surface area (TPSA) is 75.7 Å². The van der Waals surface area contributed by atoms with Gasteiger partial charge in [-0.3, -0.25) is 4.79 Å². The summed E-state index contributed by atoms with van der Waals surface area (Å²) in [5.41, 5.74) is 2.89. The molecule has 1 N–H and O–H groups in total. The molecule has 0 spiro atoms. The van der Waals surface area contributed by atoms with Crippen molar-refractivity contribution in [3.8, 4) is 5.75 Å². The lowest BCUT2D eigenvalue weighted by Crippen LogP contribution is -2.29. The van der Waals surface area contributed by atoms with Gasteiger partial charge < -0.3 is 10.1 Å². The van der Waals surface area contributed by atoms with E-state index in [-0.39, 0.29) is 11.9 Å². The van der Waals surface area contributed by atoms with Gasteiger partial charge in [0.2, 0.25) is 15.9 Å². The minimum absolute atomic E-state index is 0.0709. The molecule has 4 rings (SSSR count). The Morgan fingerprint density at radius 3 is 2.15 bits per heavy atom. The molecule has 6 nitrogen and oxygen atoms in total. The molecule has 1 fully saturated rings. The van der Waals surface area contributed by atoms with Gasteiger partial charge in [0.15, 0.2) is 0 Å². The average molecular weight is 479 g/mol. The van der Waals surface area contributed by atoms with E-state index in [2.05, 4.69) is 5.32 Å². The van der Waals surface area contributed by atoms with Crippen molar-refractivity contribution in [3.05, 3.63) is 95.6 Å². The number of amides is 1. The van der Waals surface area contributed by atoms with Gasteiger partial charge in [0.1, 0.15) is 5.75 Å². The summed E-state index contributed by atoms with van der Waals surface area (Å²) >= 11 is 0. The van der Waals surface area contributed by atoms with Gasteiger partial charge in [-0.1, -0.05) is 54.6 Å². The summed E-state index contributed by atoms with van der Waals surface area (Å²) in [6.45, 7) is 1.17. The van der Waals surface area contributed by atoms with E-state index in [0.29, 0.717) is 30.8 Å². The third kappa shape index (κ3) is 5.66. The van der Waals surface area contributed by atoms with E-state index >= 15 is 0 Å². The smallest absolute Gasteiger partial charge is 0.243 e. The molecule has 3 aromatic carbocycles. The number of ether oxygens (including phenoxy) is 1. The van der Waals surface area contributed by atoms with Crippen LogP contribution in [-0.4, -0.2) is 38.8 Å². The van der Waals surface area contributed by atoms with Crippen LogP contribution in [0.3, 0.4) is 0 Å². The number of sulfonamides is 1. The van der Waals surface area contributed by atoms with Crippen molar-refractivity contribution in [2.75, 3.05) is 20.2 Å². The Labute approximate surface area is 201 Å². The molecule has 34 heavy (non-hydrogen) atoms. The fourth-order valence-corrected chi connectivity index (χ4v) is 5.71. The minimum atomic E-state index is -3.42. The van der Waals surface area contributed by atoms with Gasteiger partial charge in [-0.2, -0.15) is 4.31 Å². The first-order valence-corrected chi connectivity index (χ1v) is 13.0. The molecule has 0 radical (unpaired) electrons. The zero-order chi connectivity index (χ0) is 24.0. The van der Waals surface area contributed by atoms with E-state index in [9.17, 15) is 13.2 Å². The molecule has 1 heterocycles. The first kappa shape index (κ1) is 24.0. The van der Waals surface area contributed by atoms with Crippen LogP contribution in [0.4, 0.5) is 0 Å². The SMILES string of the molecule is COc1ccc(C(NC(=O)CCc2ccc(S(=O)(=O)N3CCCC3)cc2)c2ccccc2)cc1. The number of nitrogens with one attached hydrogen (secondary N) is 1. The van der Waals surface area contributed by atoms with Crippen molar-refractivity contribution < 1.29 is 17.9 Å². The summed E-state index contributed by atoms with van der Waals surface area (Å²) in [5, 5.41) is 3.15. The first-order valence-electron chi connectivity index (χ1n) is 11.5. The summed E-state index contributed by atoms with van der Waals surface area (Å²) in [6, 6.07) is 24.1. The molecule has 1 unspecified atom stereocenters. The van der Waals surface area contributed by atoms with Crippen LogP contribution < -0.4 is 10.1 Å². The Bertz CT molecular complexity index is 1190. The highest BCUT2D eigenvalue weighted by Crippen LogP contribution is 2.25. The quantitative estimate of drug-likeness (QED) is 0.497. The Kier molecular flexibility index (Phi) is 7.65. The highest BCUT2D eigenvalue weighted by atomic mass is 32.2. The standard InChI is InChI=1S/C27H30N2O4S/c1-33-24-14-12-23(13-15-24)27(22-7-3-2-4-8-22)28-26(30)18-11-21-9-16-25(17-10-21)34(31,32)29-19-5-6-20-29/h2-4,7-10,12-17,27H,5-6,11,18-20H2,1H3,(H,28,30).